The van der Waals surface area contributed by atoms with E-state index < -0.39 is 6.61 Å². The van der Waals surface area contributed by atoms with Gasteiger partial charge in [0, 0.05) is 6.07 Å². The number of hydrogen-bond acceptors (Lipinski definition) is 8. The van der Waals surface area contributed by atoms with Gasteiger partial charge in [-0.1, -0.05) is 619 Å². The maximum Gasteiger partial charge on any atom is 0.203 e. The number of unbranched alkanes of at least 4 members (excludes halogenated alkanes) is 90. The zero-order valence-electron chi connectivity index (χ0n) is 93.5. The lowest BCUT2D eigenvalue weighted by Gasteiger charge is -2.20. The van der Waals surface area contributed by atoms with Crippen LogP contribution in [0.3, 0.4) is 0 Å². The van der Waals surface area contributed by atoms with Gasteiger partial charge in [-0.3, -0.25) is 0 Å². The first kappa shape index (κ1) is 128. The van der Waals surface area contributed by atoms with Crippen LogP contribution in [0.15, 0.2) is 42.5 Å². The molecule has 3 aromatic carbocycles. The normalized spacial score (nSPS) is 11.6. The third-order valence-corrected chi connectivity index (χ3v) is 29.6. The van der Waals surface area contributed by atoms with E-state index in [1.165, 1.54) is 539 Å². The first-order valence-corrected chi connectivity index (χ1v) is 62.6. The van der Waals surface area contributed by atoms with Crippen molar-refractivity contribution < 1.29 is 43.0 Å². The lowest BCUT2D eigenvalue weighted by atomic mass is 10.0. The average molecular weight is 1930 g/mol. The van der Waals surface area contributed by atoms with E-state index in [2.05, 4.69) is 65.8 Å². The molecule has 3 rings (SSSR count). The van der Waals surface area contributed by atoms with Crippen LogP contribution in [0.1, 0.15) is 675 Å². The summed E-state index contributed by atoms with van der Waals surface area (Å²) in [6, 6.07) is 14.3. The second-order valence-corrected chi connectivity index (χ2v) is 43.3. The molecule has 805 valence electrons. The maximum atomic E-state index is 13.1. The smallest absolute Gasteiger partial charge is 0.203 e. The molecule has 0 saturated carbocycles. The second-order valence-electron chi connectivity index (χ2n) is 43.3. The first-order valence-electron chi connectivity index (χ1n) is 62.6. The quantitative estimate of drug-likeness (QED) is 0.0516. The van der Waals surface area contributed by atoms with Crippen molar-refractivity contribution in [1.29, 1.82) is 0 Å². The van der Waals surface area contributed by atoms with Gasteiger partial charge >= 0.3 is 0 Å². The van der Waals surface area contributed by atoms with Crippen LogP contribution < -0.4 is 37.9 Å². The minimum absolute atomic E-state index is 0.257. The van der Waals surface area contributed by atoms with Crippen molar-refractivity contribution in [3.63, 3.8) is 0 Å². The Morgan fingerprint density at radius 3 is 0.406 bits per heavy atom. The van der Waals surface area contributed by atoms with Crippen LogP contribution in [0.5, 0.6) is 46.0 Å². The predicted octanol–water partition coefficient (Wildman–Crippen LogP) is 44.6. The molecule has 0 spiro atoms. The molecule has 0 N–H and O–H groups in total. The Hall–Kier alpha value is -3.98. The van der Waals surface area contributed by atoms with Gasteiger partial charge in [0.05, 0.1) is 39.6 Å². The molecule has 138 heavy (non-hydrogen) atoms. The van der Waals surface area contributed by atoms with Crippen LogP contribution in [0.2, 0.25) is 0 Å². The molecular weight excluding hydrogens is 1690 g/mol. The second kappa shape index (κ2) is 104. The van der Waals surface area contributed by atoms with E-state index in [-0.39, 0.29) is 13.2 Å². The Bertz CT molecular complexity index is 2620. The minimum atomic E-state index is -0.395. The lowest BCUT2D eigenvalue weighted by molar-refractivity contribution is 0.176. The van der Waals surface area contributed by atoms with Crippen molar-refractivity contribution in [3.05, 3.63) is 59.2 Å². The third kappa shape index (κ3) is 82.2. The zero-order valence-corrected chi connectivity index (χ0v) is 93.5. The van der Waals surface area contributed by atoms with E-state index in [1.807, 2.05) is 18.2 Å². The average Bonchev–Trinajstić information content (AvgIpc) is 0.823. The number of hydrogen-bond donors (Lipinski definition) is 0. The molecule has 0 heterocycles. The summed E-state index contributed by atoms with van der Waals surface area (Å²) in [6.07, 6.45) is 128. The summed E-state index contributed by atoms with van der Waals surface area (Å²) in [7, 11) is 0. The Morgan fingerprint density at radius 1 is 0.138 bits per heavy atom. The van der Waals surface area contributed by atoms with Gasteiger partial charge in [-0.15, -0.1) is 0 Å². The van der Waals surface area contributed by atoms with Crippen LogP contribution in [0.4, 0.5) is 0 Å². The Morgan fingerprint density at radius 2 is 0.268 bits per heavy atom. The van der Waals surface area contributed by atoms with Gasteiger partial charge < -0.3 is 37.9 Å². The summed E-state index contributed by atoms with van der Waals surface area (Å²) in [5.41, 5.74) is 2.51. The van der Waals surface area contributed by atoms with Gasteiger partial charge in [-0.25, -0.2) is 5.11 Å². The Balaban J connectivity index is 1.90. The summed E-state index contributed by atoms with van der Waals surface area (Å²) in [5, 5.41) is 13.1. The van der Waals surface area contributed by atoms with Crippen molar-refractivity contribution in [2.75, 3.05) is 39.6 Å². The third-order valence-electron chi connectivity index (χ3n) is 29.6. The molecule has 0 amide bonds. The number of ether oxygens (including phenoxy) is 8. The molecule has 0 aromatic heterocycles. The highest BCUT2D eigenvalue weighted by Crippen LogP contribution is 2.43. The molecule has 0 atom stereocenters. The summed E-state index contributed by atoms with van der Waals surface area (Å²) in [4.78, 5) is 0. The fraction of sp³-hybridized carbons (Fsp3) is 0.860. The predicted molar refractivity (Wildman–Crippen MR) is 603 cm³/mol. The molecule has 0 bridgehead atoms. The van der Waals surface area contributed by atoms with E-state index in [9.17, 15) is 5.11 Å². The van der Waals surface area contributed by atoms with Crippen molar-refractivity contribution in [2.24, 2.45) is 0 Å². The zero-order chi connectivity index (χ0) is 98.2. The number of benzene rings is 3. The fourth-order valence-electron chi connectivity index (χ4n) is 20.3. The van der Waals surface area contributed by atoms with Gasteiger partial charge in [0.25, 0.3) is 0 Å². The maximum absolute atomic E-state index is 13.1. The summed E-state index contributed by atoms with van der Waals surface area (Å²) >= 11 is 0. The summed E-state index contributed by atoms with van der Waals surface area (Å²) in [6.45, 7) is 17.7. The van der Waals surface area contributed by atoms with Crippen LogP contribution in [-0.2, 0) is 24.9 Å². The number of rotatable bonds is 115. The lowest BCUT2D eigenvalue weighted by Crippen LogP contribution is -2.08. The molecule has 9 heteroatoms. The molecule has 0 aliphatic rings. The van der Waals surface area contributed by atoms with E-state index in [4.69, 9.17) is 37.9 Å². The topological polar surface area (TPSA) is 93.7 Å². The highest BCUT2D eigenvalue weighted by molar-refractivity contribution is 5.55. The van der Waals surface area contributed by atoms with Crippen LogP contribution in [0.25, 0.3) is 0 Å². The molecule has 0 saturated heterocycles. The SMILES string of the molecule is CCCCCCCCCCCCCCCCCCOc1cc(COc2cc(C[O])cc(OCc3cc(OCCCCCCCCCCCCCCCCCC)c(OCCCCCCCCCCCCCCCCCC)c(OCCCCCCCCCCCCCCCCCC)c3)c2)cc(OCCCCCCCCCCCCCCCCCC)c1OCCCCCCCCCCCCCCCCCC. The van der Waals surface area contributed by atoms with Gasteiger partial charge in [-0.05, 0) is 91.6 Å². The van der Waals surface area contributed by atoms with E-state index in [1.54, 1.807) is 0 Å². The van der Waals surface area contributed by atoms with Crippen molar-refractivity contribution in [2.45, 2.75) is 678 Å². The van der Waals surface area contributed by atoms with Crippen molar-refractivity contribution in [3.8, 4) is 46.0 Å². The largest absolute Gasteiger partial charge is 0.490 e. The monoisotopic (exact) mass is 1930 g/mol. The van der Waals surface area contributed by atoms with Gasteiger partial charge in [-0.2, -0.15) is 0 Å². The van der Waals surface area contributed by atoms with Crippen LogP contribution in [-0.4, -0.2) is 39.6 Å². The summed E-state index contributed by atoms with van der Waals surface area (Å²) in [5.74, 6) is 5.62. The van der Waals surface area contributed by atoms with Crippen LogP contribution >= 0.6 is 0 Å². The molecule has 0 aliphatic carbocycles. The van der Waals surface area contributed by atoms with E-state index >= 15 is 0 Å². The molecule has 0 aliphatic heterocycles. The van der Waals surface area contributed by atoms with Crippen molar-refractivity contribution >= 4 is 0 Å². The van der Waals surface area contributed by atoms with Gasteiger partial charge in [0.1, 0.15) is 31.3 Å². The summed E-state index contributed by atoms with van der Waals surface area (Å²) < 4.78 is 55.2. The highest BCUT2D eigenvalue weighted by atomic mass is 16.6. The van der Waals surface area contributed by atoms with E-state index in [0.29, 0.717) is 56.7 Å². The molecule has 9 nitrogen and oxygen atoms in total. The minimum Gasteiger partial charge on any atom is -0.490 e. The van der Waals surface area contributed by atoms with E-state index in [0.717, 1.165) is 123 Å². The standard InChI is InChI=1S/C129H235O9/c1-7-13-19-25-31-37-43-49-55-61-67-73-79-85-91-97-103-131-124-111-120(112-125(132-104-98-92-86-80-74-68-62-56-50-44-38-32-26-20-14-8-2)128(124)135-107-101-95-89-83-77-71-65-59-53-47-41-35-29-23-17-11-5)117-137-122-109-119(116-130)110-123(115-122)138-118-121-113-126(133-105-99-93-87-81-75-69-63-57-51-45-39-33-27-21-15-9-3)129(136-108-102-96-90-84-78-72-66-60-54-48-42-36-30-24-18-12-6)127(114-121)134-106-100-94-88-82-76-70-64-58-52-46-40-34-28-22-16-10-4/h109-115H,7-108,116-118H2,1-6H3. The van der Waals surface area contributed by atoms with Crippen molar-refractivity contribution in [1.82, 2.24) is 0 Å². The molecular formula is C129H235O9. The Labute approximate surface area is 860 Å². The molecule has 0 unspecified atom stereocenters. The van der Waals surface area contributed by atoms with Gasteiger partial charge in [0.15, 0.2) is 23.0 Å². The first-order chi connectivity index (χ1) is 68.5. The Kier molecular flexibility index (Phi) is 97.0. The molecule has 3 aromatic rings. The van der Waals surface area contributed by atoms with Crippen LogP contribution in [0, 0.1) is 0 Å². The fourth-order valence-corrected chi connectivity index (χ4v) is 20.3. The highest BCUT2D eigenvalue weighted by Gasteiger charge is 2.21. The van der Waals surface area contributed by atoms with Gasteiger partial charge in [0.2, 0.25) is 11.5 Å². The molecule has 0 fully saturated rings. The molecule has 1 radical (unpaired) electrons.